The first-order valence-electron chi connectivity index (χ1n) is 5.87. The quantitative estimate of drug-likeness (QED) is 0.703. The topological polar surface area (TPSA) is 107 Å². The average Bonchev–Trinajstić information content (AvgIpc) is 2.38. The Morgan fingerprint density at radius 1 is 1.40 bits per heavy atom. The summed E-state index contributed by atoms with van der Waals surface area (Å²) >= 11 is 0. The molecule has 1 unspecified atom stereocenters. The largest absolute Gasteiger partial charge is 0.478 e. The molecule has 1 aromatic carbocycles. The van der Waals surface area contributed by atoms with E-state index in [9.17, 15) is 13.2 Å². The molecule has 0 bridgehead atoms. The van der Waals surface area contributed by atoms with Crippen LogP contribution in [0.2, 0.25) is 0 Å². The van der Waals surface area contributed by atoms with E-state index in [4.69, 9.17) is 10.2 Å². The Balaban J connectivity index is 3.31. The normalized spacial score (nSPS) is 13.2. The van der Waals surface area contributed by atoms with Gasteiger partial charge in [-0.2, -0.15) is 0 Å². The second kappa shape index (κ2) is 6.21. The van der Waals surface area contributed by atoms with Gasteiger partial charge in [0.15, 0.2) is 0 Å². The molecule has 3 N–H and O–H groups in total. The highest BCUT2D eigenvalue weighted by atomic mass is 32.2. The number of benzene rings is 1. The molecule has 112 valence electrons. The fourth-order valence-electron chi connectivity index (χ4n) is 1.51. The monoisotopic (exact) mass is 302 g/mol. The fraction of sp³-hybridized carbons (Fsp3) is 0.417. The maximum absolute atomic E-state index is 12.0. The predicted octanol–water partition coefficient (Wildman–Crippen LogP) is 0.428. The van der Waals surface area contributed by atoms with Crippen molar-refractivity contribution in [2.24, 2.45) is 0 Å². The summed E-state index contributed by atoms with van der Waals surface area (Å²) < 4.78 is 24.9. The standard InChI is InChI=1S/C12H18N2O5S/c1-8(7-15)13-11-5-4-9(6-10(11)12(16)17)20(18,19)14(2)3/h4-6,8,13,15H,7H2,1-3H3,(H,16,17). The van der Waals surface area contributed by atoms with Crippen LogP contribution in [0.3, 0.4) is 0 Å². The van der Waals surface area contributed by atoms with Gasteiger partial charge in [0.2, 0.25) is 10.0 Å². The fourth-order valence-corrected chi connectivity index (χ4v) is 2.44. The predicted molar refractivity (Wildman–Crippen MR) is 74.4 cm³/mol. The molecule has 0 aliphatic heterocycles. The van der Waals surface area contributed by atoms with Crippen LogP contribution < -0.4 is 5.32 Å². The van der Waals surface area contributed by atoms with Gasteiger partial charge in [0.25, 0.3) is 0 Å². The molecule has 8 heteroatoms. The Kier molecular flexibility index (Phi) is 5.09. The lowest BCUT2D eigenvalue weighted by Gasteiger charge is -2.17. The van der Waals surface area contributed by atoms with E-state index < -0.39 is 16.0 Å². The lowest BCUT2D eigenvalue weighted by atomic mass is 10.1. The zero-order valence-corrected chi connectivity index (χ0v) is 12.3. The van der Waals surface area contributed by atoms with E-state index >= 15 is 0 Å². The van der Waals surface area contributed by atoms with Crippen molar-refractivity contribution >= 4 is 21.7 Å². The summed E-state index contributed by atoms with van der Waals surface area (Å²) in [5.74, 6) is -1.24. The Morgan fingerprint density at radius 3 is 2.45 bits per heavy atom. The first-order chi connectivity index (χ1) is 9.20. The van der Waals surface area contributed by atoms with Crippen molar-refractivity contribution in [1.82, 2.24) is 4.31 Å². The third kappa shape index (κ3) is 3.47. The maximum Gasteiger partial charge on any atom is 0.337 e. The first kappa shape index (κ1) is 16.4. The van der Waals surface area contributed by atoms with Crippen molar-refractivity contribution in [2.45, 2.75) is 17.9 Å². The number of sulfonamides is 1. The van der Waals surface area contributed by atoms with Crippen molar-refractivity contribution in [3.8, 4) is 0 Å². The summed E-state index contributed by atoms with van der Waals surface area (Å²) in [5.41, 5.74) is 0.102. The van der Waals surface area contributed by atoms with Gasteiger partial charge in [-0.05, 0) is 25.1 Å². The molecule has 0 amide bonds. The highest BCUT2D eigenvalue weighted by Gasteiger charge is 2.21. The van der Waals surface area contributed by atoms with Crippen LogP contribution in [0.1, 0.15) is 17.3 Å². The van der Waals surface area contributed by atoms with E-state index in [1.54, 1.807) is 6.92 Å². The third-order valence-corrected chi connectivity index (χ3v) is 4.49. The van der Waals surface area contributed by atoms with Crippen LogP contribution >= 0.6 is 0 Å². The third-order valence-electron chi connectivity index (χ3n) is 2.68. The Morgan fingerprint density at radius 2 is 2.00 bits per heavy atom. The van der Waals surface area contributed by atoms with E-state index in [1.807, 2.05) is 0 Å². The van der Waals surface area contributed by atoms with E-state index in [0.717, 1.165) is 10.4 Å². The lowest BCUT2D eigenvalue weighted by molar-refractivity contribution is 0.0697. The zero-order valence-electron chi connectivity index (χ0n) is 11.5. The minimum Gasteiger partial charge on any atom is -0.478 e. The second-order valence-electron chi connectivity index (χ2n) is 4.53. The Labute approximate surface area is 117 Å². The van der Waals surface area contributed by atoms with Gasteiger partial charge in [-0.15, -0.1) is 0 Å². The molecule has 0 aliphatic carbocycles. The Bertz CT molecular complexity index is 598. The minimum absolute atomic E-state index is 0.0953. The van der Waals surface area contributed by atoms with Crippen molar-refractivity contribution < 1.29 is 23.4 Å². The maximum atomic E-state index is 12.0. The number of hydrogen-bond donors (Lipinski definition) is 3. The number of aromatic carboxylic acids is 1. The number of aliphatic hydroxyl groups is 1. The highest BCUT2D eigenvalue weighted by Crippen LogP contribution is 2.22. The molecule has 1 rings (SSSR count). The van der Waals surface area contributed by atoms with E-state index in [2.05, 4.69) is 5.32 Å². The number of hydrogen-bond acceptors (Lipinski definition) is 5. The van der Waals surface area contributed by atoms with Crippen LogP contribution in [0.5, 0.6) is 0 Å². The van der Waals surface area contributed by atoms with Crippen molar-refractivity contribution in [3.63, 3.8) is 0 Å². The van der Waals surface area contributed by atoms with Gasteiger partial charge < -0.3 is 15.5 Å². The van der Waals surface area contributed by atoms with Gasteiger partial charge in [0, 0.05) is 25.8 Å². The summed E-state index contributed by atoms with van der Waals surface area (Å²) in [7, 11) is -0.949. The molecule has 0 spiro atoms. The van der Waals surface area contributed by atoms with Gasteiger partial charge in [0.05, 0.1) is 17.1 Å². The van der Waals surface area contributed by atoms with Crippen LogP contribution in [0.25, 0.3) is 0 Å². The average molecular weight is 302 g/mol. The van der Waals surface area contributed by atoms with E-state index in [-0.39, 0.29) is 28.8 Å². The molecule has 1 aromatic rings. The summed E-state index contributed by atoms with van der Waals surface area (Å²) in [6, 6.07) is 3.47. The molecule has 0 saturated carbocycles. The summed E-state index contributed by atoms with van der Waals surface area (Å²) in [6.45, 7) is 1.51. The van der Waals surface area contributed by atoms with Gasteiger partial charge in [0.1, 0.15) is 0 Å². The second-order valence-corrected chi connectivity index (χ2v) is 6.68. The minimum atomic E-state index is -3.69. The molecule has 0 aromatic heterocycles. The van der Waals surface area contributed by atoms with Crippen LogP contribution in [0.15, 0.2) is 23.1 Å². The van der Waals surface area contributed by atoms with E-state index in [0.29, 0.717) is 0 Å². The summed E-state index contributed by atoms with van der Waals surface area (Å²) in [6.07, 6.45) is 0. The number of carboxylic acids is 1. The van der Waals surface area contributed by atoms with E-state index in [1.165, 1.54) is 26.2 Å². The number of anilines is 1. The molecule has 7 nitrogen and oxygen atoms in total. The molecular weight excluding hydrogens is 284 g/mol. The zero-order chi connectivity index (χ0) is 15.5. The molecule has 0 heterocycles. The number of nitrogens with one attached hydrogen (secondary N) is 1. The van der Waals surface area contributed by atoms with Crippen LogP contribution in [-0.2, 0) is 10.0 Å². The molecule has 1 atom stereocenters. The van der Waals surface area contributed by atoms with Crippen LogP contribution in [0.4, 0.5) is 5.69 Å². The molecule has 0 aliphatic rings. The number of carboxylic acid groups (broad SMARTS) is 1. The van der Waals surface area contributed by atoms with Crippen molar-refractivity contribution in [1.29, 1.82) is 0 Å². The molecule has 20 heavy (non-hydrogen) atoms. The SMILES string of the molecule is CC(CO)Nc1ccc(S(=O)(=O)N(C)C)cc1C(=O)O. The Hall–Kier alpha value is -1.64. The smallest absolute Gasteiger partial charge is 0.337 e. The molecule has 0 radical (unpaired) electrons. The van der Waals surface area contributed by atoms with Crippen LogP contribution in [-0.4, -0.2) is 55.6 Å². The summed E-state index contributed by atoms with van der Waals surface area (Å²) in [5, 5.41) is 20.9. The molecular formula is C12H18N2O5S. The first-order valence-corrected chi connectivity index (χ1v) is 7.31. The van der Waals surface area contributed by atoms with Crippen molar-refractivity contribution in [3.05, 3.63) is 23.8 Å². The molecule has 0 saturated heterocycles. The van der Waals surface area contributed by atoms with Crippen molar-refractivity contribution in [2.75, 3.05) is 26.0 Å². The van der Waals surface area contributed by atoms with Gasteiger partial charge in [-0.25, -0.2) is 17.5 Å². The number of rotatable bonds is 6. The van der Waals surface area contributed by atoms with Gasteiger partial charge in [-0.1, -0.05) is 0 Å². The molecule has 0 fully saturated rings. The van der Waals surface area contributed by atoms with Crippen LogP contribution in [0, 0.1) is 0 Å². The summed E-state index contributed by atoms with van der Waals surface area (Å²) in [4.78, 5) is 11.1. The number of carbonyl (C=O) groups is 1. The number of nitrogens with zero attached hydrogens (tertiary/aromatic N) is 1. The lowest BCUT2D eigenvalue weighted by Crippen LogP contribution is -2.24. The van der Waals surface area contributed by atoms with Gasteiger partial charge >= 0.3 is 5.97 Å². The highest BCUT2D eigenvalue weighted by molar-refractivity contribution is 7.89. The number of aliphatic hydroxyl groups excluding tert-OH is 1. The van der Waals surface area contributed by atoms with Gasteiger partial charge in [-0.3, -0.25) is 0 Å².